The molecule has 172 valence electrons. The number of hydrogen-bond acceptors (Lipinski definition) is 4. The lowest BCUT2D eigenvalue weighted by Crippen LogP contribution is -2.33. The molecule has 1 atom stereocenters. The van der Waals surface area contributed by atoms with Crippen molar-refractivity contribution in [2.45, 2.75) is 51.2 Å². The van der Waals surface area contributed by atoms with E-state index in [0.29, 0.717) is 6.04 Å². The summed E-state index contributed by atoms with van der Waals surface area (Å²) in [6.07, 6.45) is 7.78. The zero-order valence-electron chi connectivity index (χ0n) is 19.2. The average Bonchev–Trinajstić information content (AvgIpc) is 3.28. The first-order valence-electron chi connectivity index (χ1n) is 12.2. The van der Waals surface area contributed by atoms with Gasteiger partial charge >= 0.3 is 0 Å². The number of hydrogen-bond donors (Lipinski definition) is 2. The molecule has 4 aromatic rings. The first-order valence-corrected chi connectivity index (χ1v) is 12.2. The highest BCUT2D eigenvalue weighted by Crippen LogP contribution is 2.33. The second kappa shape index (κ2) is 10.7. The Labute approximate surface area is 197 Å². The number of nitrogens with zero attached hydrogens (tertiary/aromatic N) is 3. The van der Waals surface area contributed by atoms with Gasteiger partial charge in [0, 0.05) is 14.2 Å². The van der Waals surface area contributed by atoms with E-state index < -0.39 is 0 Å². The van der Waals surface area contributed by atoms with Gasteiger partial charge in [-0.05, 0) is 74.5 Å². The minimum absolute atomic E-state index is 0. The Kier molecular flexibility index (Phi) is 7.09. The number of imidazole rings is 1. The fourth-order valence-electron chi connectivity index (χ4n) is 4.95. The average molecular weight is 442 g/mol. The molecule has 5 nitrogen and oxygen atoms in total. The van der Waals surface area contributed by atoms with Crippen LogP contribution < -0.4 is 5.32 Å². The SMILES string of the molecule is [HH].c1ccc(CNCCCCN(Cc2nc3ccccc3[nH]2)C2CCCc3cccnc32)cc1. The van der Waals surface area contributed by atoms with Crippen molar-refractivity contribution in [3.8, 4) is 0 Å². The molecule has 0 radical (unpaired) electrons. The van der Waals surface area contributed by atoms with E-state index >= 15 is 0 Å². The lowest BCUT2D eigenvalue weighted by molar-refractivity contribution is 0.159. The molecule has 0 fully saturated rings. The quantitative estimate of drug-likeness (QED) is 0.312. The predicted molar refractivity (Wildman–Crippen MR) is 136 cm³/mol. The summed E-state index contributed by atoms with van der Waals surface area (Å²) in [6, 6.07) is 23.6. The fourth-order valence-corrected chi connectivity index (χ4v) is 4.95. The monoisotopic (exact) mass is 441 g/mol. The molecule has 0 saturated carbocycles. The molecular weight excluding hydrogens is 406 g/mol. The summed E-state index contributed by atoms with van der Waals surface area (Å²) in [5, 5.41) is 3.59. The minimum atomic E-state index is 0. The number of aromatic nitrogens is 3. The van der Waals surface area contributed by atoms with Gasteiger partial charge in [0.25, 0.3) is 0 Å². The van der Waals surface area contributed by atoms with E-state index in [1.165, 1.54) is 23.2 Å². The van der Waals surface area contributed by atoms with Gasteiger partial charge in [-0.2, -0.15) is 0 Å². The van der Waals surface area contributed by atoms with Gasteiger partial charge in [-0.15, -0.1) is 0 Å². The summed E-state index contributed by atoms with van der Waals surface area (Å²) in [7, 11) is 0. The number of benzene rings is 2. The molecule has 2 N–H and O–H groups in total. The molecule has 2 aromatic heterocycles. The maximum atomic E-state index is 4.86. The molecule has 0 bridgehead atoms. The van der Waals surface area contributed by atoms with Crippen LogP contribution in [-0.2, 0) is 19.5 Å². The third-order valence-corrected chi connectivity index (χ3v) is 6.62. The lowest BCUT2D eigenvalue weighted by Gasteiger charge is -2.34. The zero-order valence-corrected chi connectivity index (χ0v) is 19.2. The summed E-state index contributed by atoms with van der Waals surface area (Å²) in [5.74, 6) is 1.04. The number of H-pyrrole nitrogens is 1. The van der Waals surface area contributed by atoms with E-state index in [-0.39, 0.29) is 1.43 Å². The smallest absolute Gasteiger partial charge is 0.121 e. The van der Waals surface area contributed by atoms with Crippen LogP contribution >= 0.6 is 0 Å². The van der Waals surface area contributed by atoms with Gasteiger partial charge < -0.3 is 10.3 Å². The molecule has 1 aliphatic carbocycles. The Hall–Kier alpha value is -3.02. The van der Waals surface area contributed by atoms with E-state index in [2.05, 4.69) is 81.9 Å². The maximum Gasteiger partial charge on any atom is 0.121 e. The molecule has 0 aliphatic heterocycles. The summed E-state index contributed by atoms with van der Waals surface area (Å²) < 4.78 is 0. The second-order valence-corrected chi connectivity index (χ2v) is 9.00. The Balaban J connectivity index is 0.00000274. The molecular formula is C28H35N5. The van der Waals surface area contributed by atoms with Gasteiger partial charge in [-0.25, -0.2) is 4.98 Å². The molecule has 1 aliphatic rings. The van der Waals surface area contributed by atoms with E-state index in [1.807, 2.05) is 6.20 Å². The standard InChI is InChI=1S/C28H33N5.H2/c1-2-10-22(11-3-1)20-29-17-6-7-19-33(21-27-31-24-14-4-5-15-25(24)32-27)26-16-8-12-23-13-9-18-30-28(23)26;/h1-5,9-11,13-15,18,26,29H,6-8,12,16-17,19-21H2,(H,31,32);1H. The van der Waals surface area contributed by atoms with Gasteiger partial charge in [0.2, 0.25) is 0 Å². The van der Waals surface area contributed by atoms with Crippen LogP contribution in [0.5, 0.6) is 0 Å². The van der Waals surface area contributed by atoms with Crippen molar-refractivity contribution >= 4 is 11.0 Å². The number of rotatable bonds is 10. The van der Waals surface area contributed by atoms with Crippen LogP contribution in [0.25, 0.3) is 11.0 Å². The Morgan fingerprint density at radius 3 is 2.79 bits per heavy atom. The van der Waals surface area contributed by atoms with E-state index in [1.54, 1.807) is 0 Å². The molecule has 2 heterocycles. The fraction of sp³-hybridized carbons (Fsp3) is 0.357. The van der Waals surface area contributed by atoms with Gasteiger partial charge in [0.15, 0.2) is 0 Å². The Bertz CT molecular complexity index is 1130. The van der Waals surface area contributed by atoms with Crippen LogP contribution in [0, 0.1) is 0 Å². The summed E-state index contributed by atoms with van der Waals surface area (Å²) in [6.45, 7) is 3.84. The zero-order chi connectivity index (χ0) is 22.3. The number of para-hydroxylation sites is 2. The van der Waals surface area contributed by atoms with Crippen LogP contribution in [0.3, 0.4) is 0 Å². The topological polar surface area (TPSA) is 56.8 Å². The molecule has 1 unspecified atom stereocenters. The number of pyridine rings is 1. The van der Waals surface area contributed by atoms with Crippen molar-refractivity contribution in [3.05, 3.63) is 95.6 Å². The largest absolute Gasteiger partial charge is 0.341 e. The van der Waals surface area contributed by atoms with E-state index in [9.17, 15) is 0 Å². The molecule has 2 aromatic carbocycles. The van der Waals surface area contributed by atoms with Crippen LogP contribution in [0.1, 0.15) is 55.8 Å². The highest BCUT2D eigenvalue weighted by Gasteiger charge is 2.27. The van der Waals surface area contributed by atoms with Crippen molar-refractivity contribution in [2.24, 2.45) is 0 Å². The molecule has 5 heteroatoms. The highest BCUT2D eigenvalue weighted by atomic mass is 15.2. The van der Waals surface area contributed by atoms with Crippen molar-refractivity contribution in [3.63, 3.8) is 0 Å². The van der Waals surface area contributed by atoms with Gasteiger partial charge in [-0.1, -0.05) is 48.5 Å². The van der Waals surface area contributed by atoms with Crippen LogP contribution in [0.15, 0.2) is 72.9 Å². The number of nitrogens with one attached hydrogen (secondary N) is 2. The van der Waals surface area contributed by atoms with Crippen LogP contribution in [0.2, 0.25) is 0 Å². The third-order valence-electron chi connectivity index (χ3n) is 6.62. The summed E-state index contributed by atoms with van der Waals surface area (Å²) in [4.78, 5) is 15.8. The minimum Gasteiger partial charge on any atom is -0.341 e. The molecule has 5 rings (SSSR count). The van der Waals surface area contributed by atoms with E-state index in [0.717, 1.165) is 68.7 Å². The number of aromatic amines is 1. The van der Waals surface area contributed by atoms with Gasteiger partial charge in [0.05, 0.1) is 29.3 Å². The van der Waals surface area contributed by atoms with Gasteiger partial charge in [-0.3, -0.25) is 9.88 Å². The van der Waals surface area contributed by atoms with Gasteiger partial charge in [0.1, 0.15) is 5.82 Å². The number of fused-ring (bicyclic) bond motifs is 2. The van der Waals surface area contributed by atoms with Crippen molar-refractivity contribution < 1.29 is 1.43 Å². The molecule has 0 amide bonds. The van der Waals surface area contributed by atoms with Crippen LogP contribution in [-0.4, -0.2) is 32.9 Å². The number of aryl methyl sites for hydroxylation is 1. The first-order chi connectivity index (χ1) is 16.4. The van der Waals surface area contributed by atoms with Crippen molar-refractivity contribution in [1.29, 1.82) is 0 Å². The van der Waals surface area contributed by atoms with E-state index in [4.69, 9.17) is 9.97 Å². The third kappa shape index (κ3) is 5.49. The predicted octanol–water partition coefficient (Wildman–Crippen LogP) is 5.65. The highest BCUT2D eigenvalue weighted by molar-refractivity contribution is 5.74. The number of unbranched alkanes of at least 4 members (excludes halogenated alkanes) is 1. The van der Waals surface area contributed by atoms with Crippen molar-refractivity contribution in [2.75, 3.05) is 13.1 Å². The summed E-state index contributed by atoms with van der Waals surface area (Å²) in [5.41, 5.74) is 6.17. The first kappa shape index (κ1) is 21.8. The lowest BCUT2D eigenvalue weighted by atomic mass is 9.90. The second-order valence-electron chi connectivity index (χ2n) is 9.00. The molecule has 33 heavy (non-hydrogen) atoms. The van der Waals surface area contributed by atoms with Crippen molar-refractivity contribution in [1.82, 2.24) is 25.2 Å². The Morgan fingerprint density at radius 1 is 1.00 bits per heavy atom. The molecule has 0 saturated heterocycles. The molecule has 0 spiro atoms. The maximum absolute atomic E-state index is 4.86. The Morgan fingerprint density at radius 2 is 1.88 bits per heavy atom. The normalized spacial score (nSPS) is 15.7. The summed E-state index contributed by atoms with van der Waals surface area (Å²) >= 11 is 0. The van der Waals surface area contributed by atoms with Crippen LogP contribution in [0.4, 0.5) is 0 Å².